The zero-order valence-electron chi connectivity index (χ0n) is 10.6. The summed E-state index contributed by atoms with van der Waals surface area (Å²) in [7, 11) is 1.90. The fraction of sp³-hybridized carbons (Fsp3) is 0.154. The number of hydrogen-bond acceptors (Lipinski definition) is 4. The maximum absolute atomic E-state index is 6.01. The van der Waals surface area contributed by atoms with Crippen molar-refractivity contribution >= 4 is 39.8 Å². The zero-order chi connectivity index (χ0) is 14.1. The van der Waals surface area contributed by atoms with Crippen LogP contribution in [0, 0.1) is 0 Å². The number of benzene rings is 1. The van der Waals surface area contributed by atoms with Gasteiger partial charge in [-0.1, -0.05) is 11.6 Å². The Labute approximate surface area is 125 Å². The quantitative estimate of drug-likeness (QED) is 0.596. The van der Waals surface area contributed by atoms with Crippen molar-refractivity contribution in [1.82, 2.24) is 19.7 Å². The monoisotopic (exact) mass is 307 g/mol. The molecule has 0 bridgehead atoms. The largest absolute Gasteiger partial charge is 0.381 e. The lowest BCUT2D eigenvalue weighted by Crippen LogP contribution is -2.02. The van der Waals surface area contributed by atoms with Gasteiger partial charge in [0.2, 0.25) is 5.28 Å². The Morgan fingerprint density at radius 2 is 2.15 bits per heavy atom. The van der Waals surface area contributed by atoms with Crippen LogP contribution in [0.25, 0.3) is 10.9 Å². The molecular formula is C13H11Cl2N5. The number of aryl methyl sites for hydroxylation is 1. The van der Waals surface area contributed by atoms with Gasteiger partial charge in [-0.25, -0.2) is 9.97 Å². The van der Waals surface area contributed by atoms with Crippen molar-refractivity contribution < 1.29 is 0 Å². The highest BCUT2D eigenvalue weighted by molar-refractivity contribution is 6.32. The van der Waals surface area contributed by atoms with Gasteiger partial charge >= 0.3 is 0 Å². The predicted molar refractivity (Wildman–Crippen MR) is 80.1 cm³/mol. The molecule has 3 rings (SSSR count). The molecule has 0 spiro atoms. The topological polar surface area (TPSA) is 55.6 Å². The van der Waals surface area contributed by atoms with Crippen LogP contribution in [0.2, 0.25) is 10.4 Å². The number of nitrogens with one attached hydrogen (secondary N) is 1. The first-order valence-electron chi connectivity index (χ1n) is 5.96. The molecule has 0 amide bonds. The average molecular weight is 308 g/mol. The van der Waals surface area contributed by atoms with Crippen molar-refractivity contribution in [3.63, 3.8) is 0 Å². The lowest BCUT2D eigenvalue weighted by molar-refractivity contribution is 0.780. The minimum atomic E-state index is 0.149. The van der Waals surface area contributed by atoms with Gasteiger partial charge in [0.25, 0.3) is 0 Å². The first-order valence-corrected chi connectivity index (χ1v) is 6.71. The average Bonchev–Trinajstić information content (AvgIpc) is 2.77. The van der Waals surface area contributed by atoms with Gasteiger partial charge in [-0.3, -0.25) is 4.68 Å². The van der Waals surface area contributed by atoms with E-state index in [0.717, 1.165) is 22.2 Å². The molecule has 1 N–H and O–H groups in total. The number of anilines is 1. The van der Waals surface area contributed by atoms with Gasteiger partial charge in [0.05, 0.1) is 5.52 Å². The molecule has 5 nitrogen and oxygen atoms in total. The summed E-state index contributed by atoms with van der Waals surface area (Å²) in [6.07, 6.45) is 3.59. The normalized spacial score (nSPS) is 10.9. The zero-order valence-corrected chi connectivity index (χ0v) is 12.2. The van der Waals surface area contributed by atoms with E-state index in [2.05, 4.69) is 20.4 Å². The highest BCUT2D eigenvalue weighted by Crippen LogP contribution is 2.20. The van der Waals surface area contributed by atoms with Gasteiger partial charge in [-0.2, -0.15) is 5.10 Å². The fourth-order valence-corrected chi connectivity index (χ4v) is 2.31. The molecule has 2 heterocycles. The van der Waals surface area contributed by atoms with Crippen LogP contribution in [0.5, 0.6) is 0 Å². The molecule has 20 heavy (non-hydrogen) atoms. The molecule has 102 valence electrons. The molecule has 3 aromatic rings. The molecule has 0 aliphatic heterocycles. The van der Waals surface area contributed by atoms with Crippen molar-refractivity contribution in [2.45, 2.75) is 6.54 Å². The predicted octanol–water partition coefficient (Wildman–Crippen LogP) is 3.28. The van der Waals surface area contributed by atoms with Crippen molar-refractivity contribution in [2.24, 2.45) is 7.05 Å². The fourth-order valence-electron chi connectivity index (χ4n) is 1.94. The molecule has 0 atom stereocenters. The van der Waals surface area contributed by atoms with Crippen LogP contribution in [-0.4, -0.2) is 19.7 Å². The standard InChI is InChI=1S/C13H11Cl2N5/c1-20-7-8-4-10(2-3-11(8)19-20)16-5-9-6-17-13(15)18-12(9)14/h2-4,6-7,16H,5H2,1H3. The van der Waals surface area contributed by atoms with E-state index < -0.39 is 0 Å². The Hall–Kier alpha value is -1.85. The SMILES string of the molecule is Cn1cc2cc(NCc3cnc(Cl)nc3Cl)ccc2n1. The van der Waals surface area contributed by atoms with Crippen LogP contribution in [0.1, 0.15) is 5.56 Å². The Morgan fingerprint density at radius 1 is 1.30 bits per heavy atom. The molecule has 1 aromatic carbocycles. The third-order valence-corrected chi connectivity index (χ3v) is 3.39. The number of hydrogen-bond donors (Lipinski definition) is 1. The Kier molecular flexibility index (Phi) is 3.46. The molecule has 0 fully saturated rings. The third kappa shape index (κ3) is 2.69. The van der Waals surface area contributed by atoms with Gasteiger partial charge in [0.1, 0.15) is 5.15 Å². The summed E-state index contributed by atoms with van der Waals surface area (Å²) < 4.78 is 1.79. The summed E-state index contributed by atoms with van der Waals surface area (Å²) in [6, 6.07) is 5.98. The summed E-state index contributed by atoms with van der Waals surface area (Å²) in [4.78, 5) is 7.83. The van der Waals surface area contributed by atoms with Crippen LogP contribution in [0.4, 0.5) is 5.69 Å². The number of fused-ring (bicyclic) bond motifs is 1. The van der Waals surface area contributed by atoms with Crippen molar-refractivity contribution in [3.8, 4) is 0 Å². The minimum absolute atomic E-state index is 0.149. The second kappa shape index (κ2) is 5.26. The van der Waals surface area contributed by atoms with Gasteiger partial charge < -0.3 is 5.32 Å². The van der Waals surface area contributed by atoms with Gasteiger partial charge in [0.15, 0.2) is 0 Å². The number of halogens is 2. The molecular weight excluding hydrogens is 297 g/mol. The molecule has 2 aromatic heterocycles. The Balaban J connectivity index is 1.79. The van der Waals surface area contributed by atoms with E-state index >= 15 is 0 Å². The Morgan fingerprint density at radius 3 is 2.95 bits per heavy atom. The maximum atomic E-state index is 6.01. The molecule has 7 heteroatoms. The highest BCUT2D eigenvalue weighted by Gasteiger charge is 2.05. The van der Waals surface area contributed by atoms with E-state index in [1.807, 2.05) is 31.4 Å². The Bertz CT molecular complexity index is 769. The van der Waals surface area contributed by atoms with E-state index in [9.17, 15) is 0 Å². The second-order valence-electron chi connectivity index (χ2n) is 4.38. The summed E-state index contributed by atoms with van der Waals surface area (Å²) >= 11 is 11.7. The smallest absolute Gasteiger partial charge is 0.223 e. The third-order valence-electron chi connectivity index (χ3n) is 2.88. The summed E-state index contributed by atoms with van der Waals surface area (Å²) in [5.74, 6) is 0. The van der Waals surface area contributed by atoms with Crippen molar-refractivity contribution in [3.05, 3.63) is 46.6 Å². The van der Waals surface area contributed by atoms with E-state index in [0.29, 0.717) is 11.7 Å². The molecule has 0 radical (unpaired) electrons. The number of aromatic nitrogens is 4. The van der Waals surface area contributed by atoms with Crippen LogP contribution < -0.4 is 5.32 Å². The van der Waals surface area contributed by atoms with Crippen molar-refractivity contribution in [2.75, 3.05) is 5.32 Å². The first-order chi connectivity index (χ1) is 9.61. The van der Waals surface area contributed by atoms with E-state index in [-0.39, 0.29) is 5.28 Å². The van der Waals surface area contributed by atoms with Crippen LogP contribution in [0.15, 0.2) is 30.6 Å². The van der Waals surface area contributed by atoms with E-state index in [1.165, 1.54) is 0 Å². The molecule has 0 saturated carbocycles. The minimum Gasteiger partial charge on any atom is -0.381 e. The molecule has 0 unspecified atom stereocenters. The lowest BCUT2D eigenvalue weighted by atomic mass is 10.2. The lowest BCUT2D eigenvalue weighted by Gasteiger charge is -2.07. The highest BCUT2D eigenvalue weighted by atomic mass is 35.5. The van der Waals surface area contributed by atoms with Crippen molar-refractivity contribution in [1.29, 1.82) is 0 Å². The summed E-state index contributed by atoms with van der Waals surface area (Å²) in [5, 5.41) is 9.20. The van der Waals surface area contributed by atoms with Crippen LogP contribution in [0.3, 0.4) is 0 Å². The summed E-state index contributed by atoms with van der Waals surface area (Å²) in [6.45, 7) is 0.530. The maximum Gasteiger partial charge on any atom is 0.223 e. The van der Waals surface area contributed by atoms with Crippen LogP contribution >= 0.6 is 23.2 Å². The first kappa shape index (κ1) is 13.1. The number of rotatable bonds is 3. The number of nitrogens with zero attached hydrogens (tertiary/aromatic N) is 4. The molecule has 0 aliphatic rings. The molecule has 0 saturated heterocycles. The summed E-state index contributed by atoms with van der Waals surface area (Å²) in [5.41, 5.74) is 2.74. The second-order valence-corrected chi connectivity index (χ2v) is 5.08. The van der Waals surface area contributed by atoms with E-state index in [1.54, 1.807) is 10.9 Å². The van der Waals surface area contributed by atoms with Gasteiger partial charge in [-0.05, 0) is 29.8 Å². The van der Waals surface area contributed by atoms with Crippen LogP contribution in [-0.2, 0) is 13.6 Å². The van der Waals surface area contributed by atoms with Gasteiger partial charge in [0, 0.05) is 42.6 Å². The van der Waals surface area contributed by atoms with Gasteiger partial charge in [-0.15, -0.1) is 0 Å². The van der Waals surface area contributed by atoms with E-state index in [4.69, 9.17) is 23.2 Å². The molecule has 0 aliphatic carbocycles.